The molecule has 1 aromatic carbocycles. The zero-order chi connectivity index (χ0) is 16.8. The number of hydrogen-bond donors (Lipinski definition) is 0. The molecule has 0 saturated carbocycles. The Morgan fingerprint density at radius 1 is 1.09 bits per heavy atom. The molecule has 1 heterocycles. The Kier molecular flexibility index (Phi) is 5.57. The number of carbonyl (C=O) groups excluding carboxylic acids is 1. The largest absolute Gasteiger partial charge is 0.493 e. The minimum atomic E-state index is -0.0205. The molecule has 0 bridgehead atoms. The van der Waals surface area contributed by atoms with E-state index in [9.17, 15) is 4.79 Å². The molecular weight excluding hydrogens is 292 g/mol. The second kappa shape index (κ2) is 7.63. The monoisotopic (exact) mass is 314 g/mol. The van der Waals surface area contributed by atoms with Crippen LogP contribution < -0.4 is 9.47 Å². The van der Waals surface area contributed by atoms with Gasteiger partial charge >= 0.3 is 0 Å². The van der Waals surface area contributed by atoms with Gasteiger partial charge in [-0.05, 0) is 43.2 Å². The van der Waals surface area contributed by atoms with Crippen LogP contribution in [0.25, 0.3) is 11.1 Å². The van der Waals surface area contributed by atoms with Crippen LogP contribution in [-0.2, 0) is 0 Å². The van der Waals surface area contributed by atoms with Crippen LogP contribution in [0.2, 0.25) is 0 Å². The summed E-state index contributed by atoms with van der Waals surface area (Å²) < 4.78 is 10.6. The number of hydrogen-bond acceptors (Lipinski definition) is 4. The van der Waals surface area contributed by atoms with Gasteiger partial charge in [0.2, 0.25) is 0 Å². The van der Waals surface area contributed by atoms with Crippen molar-refractivity contribution in [3.8, 4) is 22.6 Å². The zero-order valence-electron chi connectivity index (χ0n) is 14.0. The molecule has 0 aliphatic carbocycles. The maximum Gasteiger partial charge on any atom is 0.256 e. The molecule has 0 spiro atoms. The molecular formula is C18H22N2O3. The second-order valence-corrected chi connectivity index (χ2v) is 4.97. The van der Waals surface area contributed by atoms with E-state index in [1.165, 1.54) is 0 Å². The SMILES string of the molecule is CCN(CC)C(=O)c1cnccc1-c1ccc(OC)c(OC)c1. The van der Waals surface area contributed by atoms with Crippen molar-refractivity contribution in [2.75, 3.05) is 27.3 Å². The number of ether oxygens (including phenoxy) is 2. The Hall–Kier alpha value is -2.56. The molecule has 0 unspecified atom stereocenters. The first-order chi connectivity index (χ1) is 11.2. The first-order valence-electron chi connectivity index (χ1n) is 7.61. The van der Waals surface area contributed by atoms with Crippen molar-refractivity contribution < 1.29 is 14.3 Å². The Morgan fingerprint density at radius 2 is 1.78 bits per heavy atom. The first-order valence-corrected chi connectivity index (χ1v) is 7.61. The van der Waals surface area contributed by atoms with Crippen molar-refractivity contribution >= 4 is 5.91 Å². The minimum Gasteiger partial charge on any atom is -0.493 e. The third kappa shape index (κ3) is 3.44. The topological polar surface area (TPSA) is 51.7 Å². The third-order valence-corrected chi connectivity index (χ3v) is 3.80. The van der Waals surface area contributed by atoms with Gasteiger partial charge in [0.15, 0.2) is 11.5 Å². The van der Waals surface area contributed by atoms with Gasteiger partial charge in [0.05, 0.1) is 19.8 Å². The molecule has 0 aliphatic rings. The van der Waals surface area contributed by atoms with E-state index in [2.05, 4.69) is 4.98 Å². The number of benzene rings is 1. The molecule has 2 rings (SSSR count). The average molecular weight is 314 g/mol. The summed E-state index contributed by atoms with van der Waals surface area (Å²) in [5.41, 5.74) is 2.31. The van der Waals surface area contributed by atoms with Gasteiger partial charge in [-0.3, -0.25) is 9.78 Å². The van der Waals surface area contributed by atoms with E-state index in [0.29, 0.717) is 30.2 Å². The Bertz CT molecular complexity index is 682. The van der Waals surface area contributed by atoms with Crippen molar-refractivity contribution in [1.82, 2.24) is 9.88 Å². The number of aromatic nitrogens is 1. The number of pyridine rings is 1. The fraction of sp³-hybridized carbons (Fsp3) is 0.333. The highest BCUT2D eigenvalue weighted by atomic mass is 16.5. The number of nitrogens with zero attached hydrogens (tertiary/aromatic N) is 2. The molecule has 23 heavy (non-hydrogen) atoms. The fourth-order valence-electron chi connectivity index (χ4n) is 2.50. The normalized spacial score (nSPS) is 10.3. The highest BCUT2D eigenvalue weighted by Gasteiger charge is 2.18. The van der Waals surface area contributed by atoms with Gasteiger partial charge in [0.1, 0.15) is 0 Å². The summed E-state index contributed by atoms with van der Waals surface area (Å²) in [7, 11) is 3.19. The van der Waals surface area contributed by atoms with Crippen molar-refractivity contribution in [1.29, 1.82) is 0 Å². The minimum absolute atomic E-state index is 0.0205. The van der Waals surface area contributed by atoms with Crippen molar-refractivity contribution in [2.24, 2.45) is 0 Å². The van der Waals surface area contributed by atoms with E-state index in [1.807, 2.05) is 38.1 Å². The van der Waals surface area contributed by atoms with Crippen LogP contribution in [0.15, 0.2) is 36.7 Å². The van der Waals surface area contributed by atoms with E-state index in [0.717, 1.165) is 11.1 Å². The summed E-state index contributed by atoms with van der Waals surface area (Å²) in [6.45, 7) is 5.26. The number of methoxy groups -OCH3 is 2. The highest BCUT2D eigenvalue weighted by Crippen LogP contribution is 2.33. The van der Waals surface area contributed by atoms with Gasteiger partial charge in [-0.15, -0.1) is 0 Å². The summed E-state index contributed by atoms with van der Waals surface area (Å²) in [5, 5.41) is 0. The molecule has 0 N–H and O–H groups in total. The van der Waals surface area contributed by atoms with Gasteiger partial charge in [0.25, 0.3) is 5.91 Å². The van der Waals surface area contributed by atoms with Gasteiger partial charge in [-0.25, -0.2) is 0 Å². The zero-order valence-corrected chi connectivity index (χ0v) is 14.0. The van der Waals surface area contributed by atoms with Crippen LogP contribution in [0.1, 0.15) is 24.2 Å². The predicted octanol–water partition coefficient (Wildman–Crippen LogP) is 3.25. The molecule has 0 fully saturated rings. The van der Waals surface area contributed by atoms with Gasteiger partial charge in [-0.2, -0.15) is 0 Å². The van der Waals surface area contributed by atoms with E-state index in [1.54, 1.807) is 31.5 Å². The lowest BCUT2D eigenvalue weighted by Gasteiger charge is -2.20. The van der Waals surface area contributed by atoms with Crippen LogP contribution in [0.3, 0.4) is 0 Å². The predicted molar refractivity (Wildman–Crippen MR) is 90.0 cm³/mol. The molecule has 5 nitrogen and oxygen atoms in total. The molecule has 5 heteroatoms. The second-order valence-electron chi connectivity index (χ2n) is 4.97. The molecule has 1 amide bonds. The van der Waals surface area contributed by atoms with Crippen molar-refractivity contribution in [3.05, 3.63) is 42.2 Å². The summed E-state index contributed by atoms with van der Waals surface area (Å²) >= 11 is 0. The maximum absolute atomic E-state index is 12.7. The maximum atomic E-state index is 12.7. The lowest BCUT2D eigenvalue weighted by Crippen LogP contribution is -2.30. The average Bonchev–Trinajstić information content (AvgIpc) is 2.62. The fourth-order valence-corrected chi connectivity index (χ4v) is 2.50. The standard InChI is InChI=1S/C18H22N2O3/c1-5-20(6-2)18(21)15-12-19-10-9-14(15)13-7-8-16(22-3)17(11-13)23-4/h7-12H,5-6H2,1-4H3. The highest BCUT2D eigenvalue weighted by molar-refractivity contribution is 6.00. The Balaban J connectivity index is 2.51. The number of amides is 1. The Morgan fingerprint density at radius 3 is 2.39 bits per heavy atom. The van der Waals surface area contributed by atoms with Gasteiger partial charge in [-0.1, -0.05) is 6.07 Å². The lowest BCUT2D eigenvalue weighted by atomic mass is 10.0. The van der Waals surface area contributed by atoms with Gasteiger partial charge < -0.3 is 14.4 Å². The van der Waals surface area contributed by atoms with Crippen LogP contribution in [0, 0.1) is 0 Å². The molecule has 0 saturated heterocycles. The molecule has 0 aliphatic heterocycles. The van der Waals surface area contributed by atoms with Crippen molar-refractivity contribution in [2.45, 2.75) is 13.8 Å². The molecule has 122 valence electrons. The molecule has 0 radical (unpaired) electrons. The summed E-state index contributed by atoms with van der Waals surface area (Å²) in [6, 6.07) is 7.46. The summed E-state index contributed by atoms with van der Waals surface area (Å²) in [5.74, 6) is 1.26. The van der Waals surface area contributed by atoms with E-state index in [-0.39, 0.29) is 5.91 Å². The third-order valence-electron chi connectivity index (χ3n) is 3.80. The van der Waals surface area contributed by atoms with E-state index < -0.39 is 0 Å². The van der Waals surface area contributed by atoms with E-state index >= 15 is 0 Å². The van der Waals surface area contributed by atoms with Crippen LogP contribution in [0.4, 0.5) is 0 Å². The lowest BCUT2D eigenvalue weighted by molar-refractivity contribution is 0.0773. The van der Waals surface area contributed by atoms with Gasteiger partial charge in [0, 0.05) is 25.5 Å². The smallest absolute Gasteiger partial charge is 0.256 e. The molecule has 0 atom stereocenters. The number of rotatable bonds is 6. The van der Waals surface area contributed by atoms with Crippen LogP contribution in [0.5, 0.6) is 11.5 Å². The molecule has 2 aromatic rings. The quantitative estimate of drug-likeness (QED) is 0.821. The Labute approximate surface area is 136 Å². The van der Waals surface area contributed by atoms with Crippen LogP contribution >= 0.6 is 0 Å². The van der Waals surface area contributed by atoms with Crippen molar-refractivity contribution in [3.63, 3.8) is 0 Å². The summed E-state index contributed by atoms with van der Waals surface area (Å²) in [6.07, 6.45) is 3.30. The van der Waals surface area contributed by atoms with Crippen LogP contribution in [-0.4, -0.2) is 43.1 Å². The van der Waals surface area contributed by atoms with E-state index in [4.69, 9.17) is 9.47 Å². The summed E-state index contributed by atoms with van der Waals surface area (Å²) in [4.78, 5) is 18.6. The molecule has 1 aromatic heterocycles. The number of carbonyl (C=O) groups is 1. The first kappa shape index (κ1) is 16.8.